The predicted octanol–water partition coefficient (Wildman–Crippen LogP) is 4.12. The lowest BCUT2D eigenvalue weighted by molar-refractivity contribution is 0.102. The minimum Gasteiger partial charge on any atom is -0.486 e. The van der Waals surface area contributed by atoms with Crippen molar-refractivity contribution < 1.29 is 22.7 Å². The van der Waals surface area contributed by atoms with Crippen LogP contribution in [0.5, 0.6) is 11.5 Å². The Bertz CT molecular complexity index is 1220. The van der Waals surface area contributed by atoms with Crippen molar-refractivity contribution in [3.05, 3.63) is 89.3 Å². The molecule has 1 heterocycles. The zero-order chi connectivity index (χ0) is 21.7. The zero-order valence-electron chi connectivity index (χ0n) is 16.4. The maximum Gasteiger partial charge on any atom is 0.257 e. The molecular formula is C23H20N2O5S. The van der Waals surface area contributed by atoms with Crippen LogP contribution in [0.15, 0.2) is 78.2 Å². The number of hydrogen-bond donors (Lipinski definition) is 2. The Balaban J connectivity index is 1.51. The first-order valence-corrected chi connectivity index (χ1v) is 11.1. The van der Waals surface area contributed by atoms with Crippen LogP contribution in [0, 0.1) is 0 Å². The van der Waals surface area contributed by atoms with Gasteiger partial charge in [0.25, 0.3) is 15.9 Å². The third-order valence-corrected chi connectivity index (χ3v) is 5.46. The molecule has 31 heavy (non-hydrogen) atoms. The van der Waals surface area contributed by atoms with E-state index in [2.05, 4.69) is 10.0 Å². The van der Waals surface area contributed by atoms with Gasteiger partial charge in [-0.25, -0.2) is 8.42 Å². The van der Waals surface area contributed by atoms with Gasteiger partial charge in [0.2, 0.25) is 0 Å². The van der Waals surface area contributed by atoms with Crippen LogP contribution in [0.4, 0.5) is 11.4 Å². The molecular weight excluding hydrogens is 416 g/mol. The number of carbonyl (C=O) groups excluding carboxylic acids is 1. The number of amides is 1. The molecule has 7 nitrogen and oxygen atoms in total. The van der Waals surface area contributed by atoms with Gasteiger partial charge in [0, 0.05) is 11.8 Å². The highest BCUT2D eigenvalue weighted by molar-refractivity contribution is 7.95. The van der Waals surface area contributed by atoms with Crippen molar-refractivity contribution in [3.63, 3.8) is 0 Å². The molecule has 1 amide bonds. The highest BCUT2D eigenvalue weighted by Gasteiger charge is 2.17. The van der Waals surface area contributed by atoms with Gasteiger partial charge >= 0.3 is 0 Å². The molecule has 4 rings (SSSR count). The summed E-state index contributed by atoms with van der Waals surface area (Å²) in [5, 5.41) is 3.83. The van der Waals surface area contributed by atoms with E-state index < -0.39 is 15.9 Å². The molecule has 158 valence electrons. The average Bonchev–Trinajstić information content (AvgIpc) is 2.78. The van der Waals surface area contributed by atoms with Gasteiger partial charge in [0.1, 0.15) is 13.2 Å². The molecule has 0 saturated carbocycles. The van der Waals surface area contributed by atoms with Crippen LogP contribution in [0.25, 0.3) is 6.08 Å². The van der Waals surface area contributed by atoms with E-state index >= 15 is 0 Å². The van der Waals surface area contributed by atoms with Crippen molar-refractivity contribution in [1.29, 1.82) is 0 Å². The predicted molar refractivity (Wildman–Crippen MR) is 120 cm³/mol. The fraction of sp³-hybridized carbons (Fsp3) is 0.0870. The molecule has 1 aliphatic rings. The summed E-state index contributed by atoms with van der Waals surface area (Å²) in [5.74, 6) is 0.703. The van der Waals surface area contributed by atoms with E-state index in [0.717, 1.165) is 11.0 Å². The Morgan fingerprint density at radius 3 is 2.39 bits per heavy atom. The smallest absolute Gasteiger partial charge is 0.257 e. The van der Waals surface area contributed by atoms with Gasteiger partial charge in [-0.2, -0.15) is 0 Å². The summed E-state index contributed by atoms with van der Waals surface area (Å²) >= 11 is 0. The maximum atomic E-state index is 12.8. The zero-order valence-corrected chi connectivity index (χ0v) is 17.3. The number of benzene rings is 3. The number of sulfonamides is 1. The van der Waals surface area contributed by atoms with Gasteiger partial charge in [-0.05, 0) is 35.9 Å². The molecule has 1 aliphatic heterocycles. The third-order valence-electron chi connectivity index (χ3n) is 4.46. The van der Waals surface area contributed by atoms with Gasteiger partial charge in [0.05, 0.1) is 16.7 Å². The molecule has 0 aliphatic carbocycles. The van der Waals surface area contributed by atoms with Gasteiger partial charge < -0.3 is 14.8 Å². The summed E-state index contributed by atoms with van der Waals surface area (Å²) in [7, 11) is -3.82. The minimum absolute atomic E-state index is 0.176. The molecule has 0 saturated heterocycles. The Morgan fingerprint density at radius 2 is 1.58 bits per heavy atom. The molecule has 0 fully saturated rings. The van der Waals surface area contributed by atoms with Crippen LogP contribution < -0.4 is 19.5 Å². The van der Waals surface area contributed by atoms with Gasteiger partial charge in [-0.1, -0.05) is 42.5 Å². The fourth-order valence-electron chi connectivity index (χ4n) is 3.01. The Labute approximate surface area is 180 Å². The Kier molecular flexibility index (Phi) is 5.90. The molecule has 8 heteroatoms. The molecule has 0 aromatic heterocycles. The second-order valence-corrected chi connectivity index (χ2v) is 8.28. The van der Waals surface area contributed by atoms with E-state index in [4.69, 9.17) is 9.47 Å². The van der Waals surface area contributed by atoms with Gasteiger partial charge in [-0.3, -0.25) is 9.52 Å². The Morgan fingerprint density at radius 1 is 0.871 bits per heavy atom. The van der Waals surface area contributed by atoms with Crippen LogP contribution >= 0.6 is 0 Å². The average molecular weight is 436 g/mol. The maximum absolute atomic E-state index is 12.8. The standard InChI is InChI=1S/C23H20N2O5S/c26-23(24-18-10-11-21-22(16-18)30-14-13-29-21)19-8-4-5-9-20(19)25-31(27,28)15-12-17-6-2-1-3-7-17/h1-12,15-16,25H,13-14H2,(H,24,26)/b15-12+. The number of nitrogens with one attached hydrogen (secondary N) is 2. The molecule has 0 spiro atoms. The number of fused-ring (bicyclic) bond motifs is 1. The van der Waals surface area contributed by atoms with Crippen molar-refractivity contribution >= 4 is 33.4 Å². The number of carbonyl (C=O) groups is 1. The van der Waals surface area contributed by atoms with Crippen molar-refractivity contribution in [2.24, 2.45) is 0 Å². The SMILES string of the molecule is O=C(Nc1ccc2c(c1)OCCO2)c1ccccc1NS(=O)(=O)/C=C/c1ccccc1. The summed E-state index contributed by atoms with van der Waals surface area (Å²) in [6.45, 7) is 0.913. The number of rotatable bonds is 6. The second kappa shape index (κ2) is 8.93. The summed E-state index contributed by atoms with van der Waals surface area (Å²) in [6, 6.07) is 20.5. The number of ether oxygens (including phenoxy) is 2. The highest BCUT2D eigenvalue weighted by Crippen LogP contribution is 2.33. The summed E-state index contributed by atoms with van der Waals surface area (Å²) < 4.78 is 38.5. The molecule has 2 N–H and O–H groups in total. The molecule has 0 unspecified atom stereocenters. The molecule has 0 radical (unpaired) electrons. The van der Waals surface area contributed by atoms with Crippen LogP contribution in [-0.4, -0.2) is 27.5 Å². The minimum atomic E-state index is -3.82. The quantitative estimate of drug-likeness (QED) is 0.606. The second-order valence-electron chi connectivity index (χ2n) is 6.72. The van der Waals surface area contributed by atoms with E-state index in [-0.39, 0.29) is 11.3 Å². The third kappa shape index (κ3) is 5.23. The molecule has 0 bridgehead atoms. The number of para-hydroxylation sites is 1. The number of anilines is 2. The van der Waals surface area contributed by atoms with Gasteiger partial charge in [-0.15, -0.1) is 0 Å². The molecule has 3 aromatic carbocycles. The first-order chi connectivity index (χ1) is 15.0. The van der Waals surface area contributed by atoms with Crippen molar-refractivity contribution in [2.75, 3.05) is 23.3 Å². The first-order valence-electron chi connectivity index (χ1n) is 9.56. The monoisotopic (exact) mass is 436 g/mol. The lowest BCUT2D eigenvalue weighted by atomic mass is 10.1. The Hall–Kier alpha value is -3.78. The van der Waals surface area contributed by atoms with E-state index in [1.807, 2.05) is 18.2 Å². The van der Waals surface area contributed by atoms with E-state index in [0.29, 0.717) is 30.4 Å². The summed E-state index contributed by atoms with van der Waals surface area (Å²) in [4.78, 5) is 12.8. The normalized spacial score (nSPS) is 13.0. The van der Waals surface area contributed by atoms with Crippen LogP contribution in [0.2, 0.25) is 0 Å². The topological polar surface area (TPSA) is 93.7 Å². The first kappa shape index (κ1) is 20.5. The summed E-state index contributed by atoms with van der Waals surface area (Å²) in [5.41, 5.74) is 1.62. The van der Waals surface area contributed by atoms with E-state index in [1.165, 1.54) is 12.1 Å². The number of hydrogen-bond acceptors (Lipinski definition) is 5. The highest BCUT2D eigenvalue weighted by atomic mass is 32.2. The van der Waals surface area contributed by atoms with E-state index in [1.54, 1.807) is 48.5 Å². The lowest BCUT2D eigenvalue weighted by Crippen LogP contribution is -2.18. The van der Waals surface area contributed by atoms with Gasteiger partial charge in [0.15, 0.2) is 11.5 Å². The van der Waals surface area contributed by atoms with Crippen molar-refractivity contribution in [2.45, 2.75) is 0 Å². The lowest BCUT2D eigenvalue weighted by Gasteiger charge is -2.19. The molecule has 3 aromatic rings. The molecule has 0 atom stereocenters. The fourth-order valence-corrected chi connectivity index (χ4v) is 3.90. The van der Waals surface area contributed by atoms with Crippen LogP contribution in [0.1, 0.15) is 15.9 Å². The van der Waals surface area contributed by atoms with Crippen LogP contribution in [0.3, 0.4) is 0 Å². The summed E-state index contributed by atoms with van der Waals surface area (Å²) in [6.07, 6.45) is 1.49. The largest absolute Gasteiger partial charge is 0.486 e. The van der Waals surface area contributed by atoms with Crippen molar-refractivity contribution in [1.82, 2.24) is 0 Å². The van der Waals surface area contributed by atoms with Crippen LogP contribution in [-0.2, 0) is 10.0 Å². The van der Waals surface area contributed by atoms with E-state index in [9.17, 15) is 13.2 Å². The van der Waals surface area contributed by atoms with Crippen molar-refractivity contribution in [3.8, 4) is 11.5 Å².